The summed E-state index contributed by atoms with van der Waals surface area (Å²) in [6, 6.07) is 12.7. The molecule has 3 rings (SSSR count). The van der Waals surface area contributed by atoms with Crippen molar-refractivity contribution in [1.82, 2.24) is 20.4 Å². The highest BCUT2D eigenvalue weighted by molar-refractivity contribution is 7.80. The van der Waals surface area contributed by atoms with Gasteiger partial charge in [-0.2, -0.15) is 5.10 Å². The van der Waals surface area contributed by atoms with Crippen LogP contribution in [0.4, 0.5) is 10.1 Å². The Morgan fingerprint density at radius 2 is 1.97 bits per heavy atom. The molecule has 0 aliphatic carbocycles. The van der Waals surface area contributed by atoms with Crippen molar-refractivity contribution in [2.75, 3.05) is 5.32 Å². The molecule has 0 aliphatic rings. The molecule has 0 saturated heterocycles. The zero-order valence-electron chi connectivity index (χ0n) is 15.7. The predicted octanol–water partition coefficient (Wildman–Crippen LogP) is 1.80. The van der Waals surface area contributed by atoms with Gasteiger partial charge >= 0.3 is 0 Å². The fraction of sp³-hybridized carbons (Fsp3) is 0.105. The van der Waals surface area contributed by atoms with Crippen LogP contribution in [-0.4, -0.2) is 32.2 Å². The number of aromatic nitrogens is 3. The van der Waals surface area contributed by atoms with Gasteiger partial charge in [-0.05, 0) is 66.3 Å². The molecule has 2 aromatic carbocycles. The molecule has 0 saturated carbocycles. The average Bonchev–Trinajstić information content (AvgIpc) is 3.16. The Morgan fingerprint density at radius 3 is 2.67 bits per heavy atom. The third-order valence-corrected chi connectivity index (χ3v) is 3.77. The van der Waals surface area contributed by atoms with E-state index in [2.05, 4.69) is 38.4 Å². The second-order valence-corrected chi connectivity index (χ2v) is 6.49. The minimum atomic E-state index is -0.370. The zero-order chi connectivity index (χ0) is 21.3. The summed E-state index contributed by atoms with van der Waals surface area (Å²) >= 11 is 4.66. The molecule has 4 N–H and O–H groups in total. The number of nitrogens with one attached hydrogen (secondary N) is 2. The highest BCUT2D eigenvalue weighted by Crippen LogP contribution is 2.13. The lowest BCUT2D eigenvalue weighted by molar-refractivity contribution is -0.116. The van der Waals surface area contributed by atoms with Gasteiger partial charge in [-0.1, -0.05) is 5.21 Å². The molecule has 0 fully saturated rings. The topological polar surface area (TPSA) is 119 Å². The van der Waals surface area contributed by atoms with E-state index in [9.17, 15) is 9.18 Å². The Labute approximate surface area is 176 Å². The summed E-state index contributed by atoms with van der Waals surface area (Å²) in [5.74, 6) is -0.0379. The molecular formula is C19H18FN7O2S. The molecule has 11 heteroatoms. The maximum Gasteiger partial charge on any atom is 0.246 e. The maximum absolute atomic E-state index is 12.9. The first kappa shape index (κ1) is 20.9. The van der Waals surface area contributed by atoms with Gasteiger partial charge in [0.2, 0.25) is 5.91 Å². The van der Waals surface area contributed by atoms with E-state index in [1.807, 2.05) is 12.1 Å². The van der Waals surface area contributed by atoms with Crippen LogP contribution >= 0.6 is 12.2 Å². The van der Waals surface area contributed by atoms with Crippen molar-refractivity contribution in [3.8, 4) is 5.75 Å². The van der Waals surface area contributed by atoms with Crippen LogP contribution in [0.1, 0.15) is 11.3 Å². The van der Waals surface area contributed by atoms with E-state index in [-0.39, 0.29) is 30.0 Å². The van der Waals surface area contributed by atoms with Crippen molar-refractivity contribution < 1.29 is 13.9 Å². The van der Waals surface area contributed by atoms with Gasteiger partial charge in [-0.3, -0.25) is 10.2 Å². The van der Waals surface area contributed by atoms with E-state index in [0.717, 1.165) is 5.56 Å². The summed E-state index contributed by atoms with van der Waals surface area (Å²) < 4.78 is 20.0. The van der Waals surface area contributed by atoms with Gasteiger partial charge < -0.3 is 15.8 Å². The van der Waals surface area contributed by atoms with E-state index < -0.39 is 0 Å². The fourth-order valence-corrected chi connectivity index (χ4v) is 2.39. The summed E-state index contributed by atoms with van der Waals surface area (Å²) in [5.41, 5.74) is 9.66. The SMILES string of the molecule is NC(=S)N/N=C/c1ccc(OCc2cn(CC(=O)Nc3ccc(F)cc3)nn2)cc1. The van der Waals surface area contributed by atoms with Crippen LogP contribution in [0.5, 0.6) is 5.75 Å². The fourth-order valence-electron chi connectivity index (χ4n) is 2.34. The van der Waals surface area contributed by atoms with E-state index >= 15 is 0 Å². The van der Waals surface area contributed by atoms with Crippen LogP contribution in [-0.2, 0) is 17.9 Å². The molecule has 1 heterocycles. The van der Waals surface area contributed by atoms with Crippen molar-refractivity contribution in [3.05, 3.63) is 71.8 Å². The molecule has 0 bridgehead atoms. The van der Waals surface area contributed by atoms with Crippen molar-refractivity contribution in [3.63, 3.8) is 0 Å². The summed E-state index contributed by atoms with van der Waals surface area (Å²) in [6.07, 6.45) is 3.19. The molecule has 0 unspecified atom stereocenters. The Morgan fingerprint density at radius 1 is 1.23 bits per heavy atom. The van der Waals surface area contributed by atoms with Gasteiger partial charge in [0.15, 0.2) is 5.11 Å². The summed E-state index contributed by atoms with van der Waals surface area (Å²) in [5, 5.41) is 14.5. The number of carbonyl (C=O) groups is 1. The first-order valence-electron chi connectivity index (χ1n) is 8.74. The molecular weight excluding hydrogens is 409 g/mol. The number of anilines is 1. The van der Waals surface area contributed by atoms with Crippen molar-refractivity contribution >= 4 is 35.1 Å². The minimum Gasteiger partial charge on any atom is -0.487 e. The van der Waals surface area contributed by atoms with E-state index in [1.54, 1.807) is 24.5 Å². The third kappa shape index (κ3) is 6.63. The smallest absolute Gasteiger partial charge is 0.246 e. The standard InChI is InChI=1S/C19H18FN7O2S/c20-14-3-5-15(6-4-14)23-18(28)11-27-10-16(24-26-27)12-29-17-7-1-13(2-8-17)9-22-25-19(21)30/h1-10H,11-12H2,(H,23,28)(H3,21,25,30)/b22-9+. The maximum atomic E-state index is 12.9. The van der Waals surface area contributed by atoms with Crippen molar-refractivity contribution in [1.29, 1.82) is 0 Å². The molecule has 154 valence electrons. The highest BCUT2D eigenvalue weighted by atomic mass is 32.1. The quantitative estimate of drug-likeness (QED) is 0.285. The normalized spacial score (nSPS) is 10.7. The van der Waals surface area contributed by atoms with E-state index in [4.69, 9.17) is 10.5 Å². The monoisotopic (exact) mass is 427 g/mol. The third-order valence-electron chi connectivity index (χ3n) is 3.67. The van der Waals surface area contributed by atoms with Crippen LogP contribution in [0.3, 0.4) is 0 Å². The predicted molar refractivity (Wildman–Crippen MR) is 113 cm³/mol. The molecule has 9 nitrogen and oxygen atoms in total. The van der Waals surface area contributed by atoms with Crippen LogP contribution < -0.4 is 21.2 Å². The number of hydrogen-bond donors (Lipinski definition) is 3. The molecule has 0 atom stereocenters. The van der Waals surface area contributed by atoms with Crippen LogP contribution in [0.15, 0.2) is 59.8 Å². The van der Waals surface area contributed by atoms with Crippen LogP contribution in [0.2, 0.25) is 0 Å². The lowest BCUT2D eigenvalue weighted by atomic mass is 10.2. The molecule has 0 aliphatic heterocycles. The molecule has 1 amide bonds. The van der Waals surface area contributed by atoms with E-state index in [1.165, 1.54) is 28.9 Å². The van der Waals surface area contributed by atoms with Gasteiger partial charge in [0.1, 0.15) is 30.4 Å². The van der Waals surface area contributed by atoms with Crippen LogP contribution in [0.25, 0.3) is 0 Å². The summed E-state index contributed by atoms with van der Waals surface area (Å²) in [7, 11) is 0. The first-order chi connectivity index (χ1) is 14.5. The first-order valence-corrected chi connectivity index (χ1v) is 9.14. The molecule has 3 aromatic rings. The number of halogens is 1. The molecule has 0 spiro atoms. The number of nitrogens with two attached hydrogens (primary N) is 1. The lowest BCUT2D eigenvalue weighted by Crippen LogP contribution is -2.23. The molecule has 30 heavy (non-hydrogen) atoms. The number of amides is 1. The second kappa shape index (κ2) is 10.1. The Hall–Kier alpha value is -3.86. The number of nitrogens with zero attached hydrogens (tertiary/aromatic N) is 4. The van der Waals surface area contributed by atoms with Gasteiger partial charge in [0, 0.05) is 5.69 Å². The molecule has 0 radical (unpaired) electrons. The minimum absolute atomic E-state index is 0.0291. The van der Waals surface area contributed by atoms with Crippen LogP contribution in [0, 0.1) is 5.82 Å². The lowest BCUT2D eigenvalue weighted by Gasteiger charge is -2.05. The van der Waals surface area contributed by atoms with Crippen molar-refractivity contribution in [2.24, 2.45) is 10.8 Å². The number of carbonyl (C=O) groups excluding carboxylic acids is 1. The van der Waals surface area contributed by atoms with Crippen molar-refractivity contribution in [2.45, 2.75) is 13.2 Å². The van der Waals surface area contributed by atoms with E-state index in [0.29, 0.717) is 17.1 Å². The number of benzene rings is 2. The van der Waals surface area contributed by atoms with Gasteiger partial charge in [-0.15, -0.1) is 5.10 Å². The largest absolute Gasteiger partial charge is 0.487 e. The van der Waals surface area contributed by atoms with Gasteiger partial charge in [-0.25, -0.2) is 9.07 Å². The second-order valence-electron chi connectivity index (χ2n) is 6.05. The molecule has 1 aromatic heterocycles. The highest BCUT2D eigenvalue weighted by Gasteiger charge is 2.07. The number of hydrazone groups is 1. The van der Waals surface area contributed by atoms with Gasteiger partial charge in [0.05, 0.1) is 12.4 Å². The number of thiocarbonyl (C=S) groups is 1. The Kier molecular flexibility index (Phi) is 7.00. The average molecular weight is 427 g/mol. The van der Waals surface area contributed by atoms with Gasteiger partial charge in [0.25, 0.3) is 0 Å². The zero-order valence-corrected chi connectivity index (χ0v) is 16.5. The number of ether oxygens (including phenoxy) is 1. The summed E-state index contributed by atoms with van der Waals surface area (Å²) in [4.78, 5) is 12.0. The number of rotatable bonds is 8. The summed E-state index contributed by atoms with van der Waals surface area (Å²) in [6.45, 7) is 0.161. The number of hydrogen-bond acceptors (Lipinski definition) is 6. The Balaban J connectivity index is 1.47. The Bertz CT molecular complexity index is 1040.